The number of carbonyl (C=O) groups excluding carboxylic acids is 1. The van der Waals surface area contributed by atoms with Gasteiger partial charge in [-0.2, -0.15) is 0 Å². The number of nitrogens with one attached hydrogen (secondary N) is 1. The second-order valence-electron chi connectivity index (χ2n) is 4.84. The monoisotopic (exact) mass is 294 g/mol. The first-order chi connectivity index (χ1) is 10.7. The van der Waals surface area contributed by atoms with Crippen molar-refractivity contribution in [2.75, 3.05) is 6.54 Å². The number of hydrogen-bond acceptors (Lipinski definition) is 4. The van der Waals surface area contributed by atoms with Crippen LogP contribution < -0.4 is 10.7 Å². The topological polar surface area (TPSA) is 72.2 Å². The SMILES string of the molecule is O=C(NCCc1cccnc1)c1cc(=O)c2ccccc2o1. The van der Waals surface area contributed by atoms with Crippen LogP contribution >= 0.6 is 0 Å². The van der Waals surface area contributed by atoms with Gasteiger partial charge < -0.3 is 9.73 Å². The molecule has 22 heavy (non-hydrogen) atoms. The molecule has 2 heterocycles. The highest BCUT2D eigenvalue weighted by atomic mass is 16.3. The number of nitrogens with zero attached hydrogens (tertiary/aromatic N) is 1. The first-order valence-electron chi connectivity index (χ1n) is 6.94. The molecule has 1 N–H and O–H groups in total. The smallest absolute Gasteiger partial charge is 0.287 e. The van der Waals surface area contributed by atoms with Crippen LogP contribution in [-0.2, 0) is 6.42 Å². The van der Waals surface area contributed by atoms with Crippen molar-refractivity contribution in [1.29, 1.82) is 0 Å². The van der Waals surface area contributed by atoms with Crippen LogP contribution in [0.2, 0.25) is 0 Å². The number of carbonyl (C=O) groups is 1. The molecule has 0 fully saturated rings. The van der Waals surface area contributed by atoms with Crippen LogP contribution in [0, 0.1) is 0 Å². The number of fused-ring (bicyclic) bond motifs is 1. The van der Waals surface area contributed by atoms with Crippen LogP contribution in [0.15, 0.2) is 64.1 Å². The van der Waals surface area contributed by atoms with Gasteiger partial charge >= 0.3 is 0 Å². The molecule has 5 heteroatoms. The van der Waals surface area contributed by atoms with E-state index in [1.807, 2.05) is 12.1 Å². The van der Waals surface area contributed by atoms with Gasteiger partial charge in [0.05, 0.1) is 5.39 Å². The average Bonchev–Trinajstić information content (AvgIpc) is 2.56. The van der Waals surface area contributed by atoms with Crippen molar-refractivity contribution < 1.29 is 9.21 Å². The van der Waals surface area contributed by atoms with Gasteiger partial charge in [0.2, 0.25) is 0 Å². The Labute approximate surface area is 126 Å². The summed E-state index contributed by atoms with van der Waals surface area (Å²) in [7, 11) is 0. The Kier molecular flexibility index (Phi) is 3.96. The fourth-order valence-corrected chi connectivity index (χ4v) is 2.17. The summed E-state index contributed by atoms with van der Waals surface area (Å²) >= 11 is 0. The lowest BCUT2D eigenvalue weighted by molar-refractivity contribution is 0.0927. The van der Waals surface area contributed by atoms with Crippen molar-refractivity contribution in [3.8, 4) is 0 Å². The lowest BCUT2D eigenvalue weighted by atomic mass is 10.2. The van der Waals surface area contributed by atoms with Gasteiger partial charge in [-0.3, -0.25) is 14.6 Å². The Morgan fingerprint density at radius 2 is 2.05 bits per heavy atom. The maximum absolute atomic E-state index is 12.1. The van der Waals surface area contributed by atoms with E-state index in [2.05, 4.69) is 10.3 Å². The van der Waals surface area contributed by atoms with E-state index in [0.717, 1.165) is 5.56 Å². The van der Waals surface area contributed by atoms with Gasteiger partial charge in [0, 0.05) is 25.0 Å². The first kappa shape index (κ1) is 14.0. The van der Waals surface area contributed by atoms with E-state index in [4.69, 9.17) is 4.42 Å². The summed E-state index contributed by atoms with van der Waals surface area (Å²) in [4.78, 5) is 28.0. The molecule has 0 spiro atoms. The van der Waals surface area contributed by atoms with Crippen LogP contribution in [-0.4, -0.2) is 17.4 Å². The molecule has 0 radical (unpaired) electrons. The minimum atomic E-state index is -0.397. The van der Waals surface area contributed by atoms with E-state index in [1.54, 1.807) is 36.7 Å². The van der Waals surface area contributed by atoms with Crippen molar-refractivity contribution in [1.82, 2.24) is 10.3 Å². The highest BCUT2D eigenvalue weighted by Crippen LogP contribution is 2.11. The van der Waals surface area contributed by atoms with Gasteiger partial charge in [-0.25, -0.2) is 0 Å². The van der Waals surface area contributed by atoms with E-state index in [0.29, 0.717) is 23.9 Å². The van der Waals surface area contributed by atoms with Crippen molar-refractivity contribution >= 4 is 16.9 Å². The lowest BCUT2D eigenvalue weighted by Crippen LogP contribution is -2.26. The van der Waals surface area contributed by atoms with Gasteiger partial charge in [-0.05, 0) is 30.2 Å². The summed E-state index contributed by atoms with van der Waals surface area (Å²) in [6.07, 6.45) is 4.12. The number of para-hydroxylation sites is 1. The molecule has 5 nitrogen and oxygen atoms in total. The molecular weight excluding hydrogens is 280 g/mol. The van der Waals surface area contributed by atoms with Crippen molar-refractivity contribution in [2.24, 2.45) is 0 Å². The number of amides is 1. The van der Waals surface area contributed by atoms with Crippen molar-refractivity contribution in [3.63, 3.8) is 0 Å². The molecule has 0 unspecified atom stereocenters. The molecule has 0 aliphatic rings. The number of rotatable bonds is 4. The summed E-state index contributed by atoms with van der Waals surface area (Å²) in [5.41, 5.74) is 1.22. The molecule has 0 aliphatic heterocycles. The number of hydrogen-bond donors (Lipinski definition) is 1. The molecule has 0 atom stereocenters. The van der Waals surface area contributed by atoms with Gasteiger partial charge in [-0.15, -0.1) is 0 Å². The molecule has 1 amide bonds. The van der Waals surface area contributed by atoms with Crippen LogP contribution in [0.1, 0.15) is 16.1 Å². The highest BCUT2D eigenvalue weighted by molar-refractivity contribution is 5.93. The fourth-order valence-electron chi connectivity index (χ4n) is 2.17. The van der Waals surface area contributed by atoms with Crippen molar-refractivity contribution in [2.45, 2.75) is 6.42 Å². The fraction of sp³-hybridized carbons (Fsp3) is 0.118. The van der Waals surface area contributed by atoms with Crippen LogP contribution in [0.25, 0.3) is 11.0 Å². The largest absolute Gasteiger partial charge is 0.451 e. The van der Waals surface area contributed by atoms with Gasteiger partial charge in [0.15, 0.2) is 11.2 Å². The Morgan fingerprint density at radius 1 is 1.18 bits per heavy atom. The molecular formula is C17H14N2O3. The molecule has 3 rings (SSSR count). The van der Waals surface area contributed by atoms with Crippen LogP contribution in [0.5, 0.6) is 0 Å². The maximum Gasteiger partial charge on any atom is 0.287 e. The quantitative estimate of drug-likeness (QED) is 0.800. The molecule has 2 aromatic heterocycles. The zero-order valence-corrected chi connectivity index (χ0v) is 11.8. The average molecular weight is 294 g/mol. The second-order valence-corrected chi connectivity index (χ2v) is 4.84. The predicted octanol–water partition coefficient (Wildman–Crippen LogP) is 2.16. The van der Waals surface area contributed by atoms with Gasteiger partial charge in [0.1, 0.15) is 5.58 Å². The molecule has 0 saturated heterocycles. The number of benzene rings is 1. The van der Waals surface area contributed by atoms with E-state index in [-0.39, 0.29) is 11.2 Å². The van der Waals surface area contributed by atoms with Crippen molar-refractivity contribution in [3.05, 3.63) is 76.4 Å². The van der Waals surface area contributed by atoms with Gasteiger partial charge in [0.25, 0.3) is 5.91 Å². The maximum atomic E-state index is 12.1. The molecule has 0 aliphatic carbocycles. The zero-order chi connectivity index (χ0) is 15.4. The number of pyridine rings is 1. The summed E-state index contributed by atoms with van der Waals surface area (Å²) in [5.74, 6) is -0.373. The second kappa shape index (κ2) is 6.22. The Morgan fingerprint density at radius 3 is 2.86 bits per heavy atom. The lowest BCUT2D eigenvalue weighted by Gasteiger charge is -2.05. The number of aromatic nitrogens is 1. The molecule has 1 aromatic carbocycles. The minimum Gasteiger partial charge on any atom is -0.451 e. The van der Waals surface area contributed by atoms with Crippen LogP contribution in [0.3, 0.4) is 0 Å². The molecule has 3 aromatic rings. The third-order valence-electron chi connectivity index (χ3n) is 3.28. The van der Waals surface area contributed by atoms with E-state index >= 15 is 0 Å². The standard InChI is InChI=1S/C17H14N2O3/c20-14-10-16(22-15-6-2-1-5-13(14)15)17(21)19-9-7-12-4-3-8-18-11-12/h1-6,8,10-11H,7,9H2,(H,19,21). The Bertz CT molecular complexity index is 856. The Balaban J connectivity index is 1.71. The van der Waals surface area contributed by atoms with E-state index < -0.39 is 5.91 Å². The Hall–Kier alpha value is -2.95. The molecule has 0 bridgehead atoms. The normalized spacial score (nSPS) is 10.5. The molecule has 0 saturated carbocycles. The van der Waals surface area contributed by atoms with Crippen LogP contribution in [0.4, 0.5) is 0 Å². The highest BCUT2D eigenvalue weighted by Gasteiger charge is 2.11. The van der Waals surface area contributed by atoms with E-state index in [9.17, 15) is 9.59 Å². The zero-order valence-electron chi connectivity index (χ0n) is 11.8. The first-order valence-corrected chi connectivity index (χ1v) is 6.94. The summed E-state index contributed by atoms with van der Waals surface area (Å²) in [6, 6.07) is 11.9. The third-order valence-corrected chi connectivity index (χ3v) is 3.28. The summed E-state index contributed by atoms with van der Waals surface area (Å²) in [5, 5.41) is 3.21. The summed E-state index contributed by atoms with van der Waals surface area (Å²) in [6.45, 7) is 0.445. The van der Waals surface area contributed by atoms with E-state index in [1.165, 1.54) is 6.07 Å². The minimum absolute atomic E-state index is 0.0230. The predicted molar refractivity (Wildman–Crippen MR) is 82.8 cm³/mol. The molecule has 110 valence electrons. The summed E-state index contributed by atoms with van der Waals surface area (Å²) < 4.78 is 5.48. The van der Waals surface area contributed by atoms with Gasteiger partial charge in [-0.1, -0.05) is 18.2 Å². The third kappa shape index (κ3) is 3.03.